The molecule has 0 aliphatic heterocycles. The third-order valence-corrected chi connectivity index (χ3v) is 4.19. The molecule has 0 atom stereocenters. The number of carbonyl (C=O) groups excluding carboxylic acids is 1. The van der Waals surface area contributed by atoms with Gasteiger partial charge < -0.3 is 10.2 Å². The largest absolute Gasteiger partial charge is 0.378 e. The van der Waals surface area contributed by atoms with E-state index >= 15 is 0 Å². The second-order valence-corrected chi connectivity index (χ2v) is 6.21. The second-order valence-electron chi connectivity index (χ2n) is 6.21. The first-order valence-electron chi connectivity index (χ1n) is 8.63. The summed E-state index contributed by atoms with van der Waals surface area (Å²) in [5, 5.41) is 7.35. The second kappa shape index (κ2) is 7.82. The van der Waals surface area contributed by atoms with E-state index in [1.165, 1.54) is 0 Å². The number of amides is 1. The Morgan fingerprint density at radius 2 is 2.04 bits per heavy atom. The first kappa shape index (κ1) is 17.7. The van der Waals surface area contributed by atoms with Gasteiger partial charge >= 0.3 is 0 Å². The van der Waals surface area contributed by atoms with Crippen LogP contribution in [0.5, 0.6) is 0 Å². The molecule has 0 aliphatic carbocycles. The molecule has 6 nitrogen and oxygen atoms in total. The van der Waals surface area contributed by atoms with Crippen LogP contribution in [0.1, 0.15) is 28.5 Å². The van der Waals surface area contributed by atoms with Crippen LogP contribution in [0, 0.1) is 0 Å². The van der Waals surface area contributed by atoms with Crippen LogP contribution < -0.4 is 10.2 Å². The van der Waals surface area contributed by atoms with Gasteiger partial charge in [0.05, 0.1) is 17.5 Å². The fourth-order valence-electron chi connectivity index (χ4n) is 2.80. The highest BCUT2D eigenvalue weighted by Crippen LogP contribution is 2.16. The summed E-state index contributed by atoms with van der Waals surface area (Å²) in [7, 11) is 3.99. The number of carbonyl (C=O) groups is 1. The van der Waals surface area contributed by atoms with E-state index in [0.717, 1.165) is 16.9 Å². The molecule has 0 aliphatic rings. The molecule has 0 bridgehead atoms. The van der Waals surface area contributed by atoms with Gasteiger partial charge in [-0.1, -0.05) is 25.1 Å². The molecule has 3 rings (SSSR count). The average molecular weight is 349 g/mol. The van der Waals surface area contributed by atoms with E-state index in [2.05, 4.69) is 21.5 Å². The minimum absolute atomic E-state index is 0.126. The van der Waals surface area contributed by atoms with Gasteiger partial charge in [-0.05, 0) is 36.2 Å². The number of aromatic nitrogens is 3. The van der Waals surface area contributed by atoms with Crippen molar-refractivity contribution in [3.8, 4) is 5.82 Å². The summed E-state index contributed by atoms with van der Waals surface area (Å²) in [5.41, 5.74) is 3.60. The fourth-order valence-corrected chi connectivity index (χ4v) is 2.80. The van der Waals surface area contributed by atoms with Crippen molar-refractivity contribution in [2.45, 2.75) is 19.9 Å². The van der Waals surface area contributed by atoms with Gasteiger partial charge in [-0.3, -0.25) is 4.79 Å². The normalized spacial score (nSPS) is 10.6. The summed E-state index contributed by atoms with van der Waals surface area (Å²) >= 11 is 0. The molecule has 0 saturated heterocycles. The van der Waals surface area contributed by atoms with Gasteiger partial charge in [0, 0.05) is 32.5 Å². The van der Waals surface area contributed by atoms with Gasteiger partial charge in [0.15, 0.2) is 5.82 Å². The smallest absolute Gasteiger partial charge is 0.255 e. The summed E-state index contributed by atoms with van der Waals surface area (Å²) in [5.74, 6) is 0.585. The van der Waals surface area contributed by atoms with Crippen molar-refractivity contribution in [3.63, 3.8) is 0 Å². The van der Waals surface area contributed by atoms with Crippen LogP contribution in [-0.2, 0) is 13.0 Å². The maximum Gasteiger partial charge on any atom is 0.255 e. The summed E-state index contributed by atoms with van der Waals surface area (Å²) in [4.78, 5) is 19.0. The number of nitrogens with zero attached hydrogens (tertiary/aromatic N) is 4. The number of hydrogen-bond donors (Lipinski definition) is 1. The highest BCUT2D eigenvalue weighted by Gasteiger charge is 2.17. The van der Waals surface area contributed by atoms with E-state index in [0.29, 0.717) is 24.3 Å². The van der Waals surface area contributed by atoms with E-state index in [1.807, 2.05) is 62.3 Å². The zero-order chi connectivity index (χ0) is 18.5. The van der Waals surface area contributed by atoms with Gasteiger partial charge in [-0.25, -0.2) is 9.67 Å². The lowest BCUT2D eigenvalue weighted by Gasteiger charge is -2.14. The highest BCUT2D eigenvalue weighted by atomic mass is 16.1. The lowest BCUT2D eigenvalue weighted by Crippen LogP contribution is -2.24. The van der Waals surface area contributed by atoms with Crippen LogP contribution in [0.25, 0.3) is 5.82 Å². The Labute approximate surface area is 153 Å². The molecule has 0 radical (unpaired) electrons. The third kappa shape index (κ3) is 3.74. The number of anilines is 1. The Morgan fingerprint density at radius 1 is 1.19 bits per heavy atom. The van der Waals surface area contributed by atoms with Crippen LogP contribution >= 0.6 is 0 Å². The molecule has 0 spiro atoms. The molecule has 0 unspecified atom stereocenters. The molecule has 26 heavy (non-hydrogen) atoms. The van der Waals surface area contributed by atoms with Gasteiger partial charge in [0.2, 0.25) is 0 Å². The van der Waals surface area contributed by atoms with E-state index < -0.39 is 0 Å². The summed E-state index contributed by atoms with van der Waals surface area (Å²) in [6, 6.07) is 13.7. The van der Waals surface area contributed by atoms with Gasteiger partial charge in [-0.2, -0.15) is 5.10 Å². The average Bonchev–Trinajstić information content (AvgIpc) is 3.11. The zero-order valence-electron chi connectivity index (χ0n) is 15.3. The molecule has 0 fully saturated rings. The van der Waals surface area contributed by atoms with Crippen LogP contribution in [0.4, 0.5) is 5.69 Å². The Balaban J connectivity index is 1.76. The van der Waals surface area contributed by atoms with Crippen molar-refractivity contribution in [1.29, 1.82) is 0 Å². The Morgan fingerprint density at radius 3 is 2.73 bits per heavy atom. The molecule has 1 amide bonds. The number of pyridine rings is 1. The molecule has 0 saturated carbocycles. The Bertz CT molecular complexity index is 886. The van der Waals surface area contributed by atoms with Crippen LogP contribution in [0.2, 0.25) is 0 Å². The van der Waals surface area contributed by atoms with Crippen molar-refractivity contribution in [2.24, 2.45) is 0 Å². The Kier molecular flexibility index (Phi) is 5.31. The first-order chi connectivity index (χ1) is 12.6. The SMILES string of the molecule is CCc1c(C(=O)NCc2cccc(N(C)C)c2)cnn1-c1ccccn1. The topological polar surface area (TPSA) is 63.1 Å². The minimum Gasteiger partial charge on any atom is -0.378 e. The first-order valence-corrected chi connectivity index (χ1v) is 8.63. The van der Waals surface area contributed by atoms with Crippen molar-refractivity contribution in [2.75, 3.05) is 19.0 Å². The quantitative estimate of drug-likeness (QED) is 0.743. The van der Waals surface area contributed by atoms with Crippen LogP contribution in [0.3, 0.4) is 0 Å². The van der Waals surface area contributed by atoms with Crippen molar-refractivity contribution >= 4 is 11.6 Å². The molecule has 2 heterocycles. The van der Waals surface area contributed by atoms with E-state index in [1.54, 1.807) is 17.1 Å². The lowest BCUT2D eigenvalue weighted by atomic mass is 10.1. The third-order valence-electron chi connectivity index (χ3n) is 4.19. The van der Waals surface area contributed by atoms with Crippen molar-refractivity contribution in [1.82, 2.24) is 20.1 Å². The minimum atomic E-state index is -0.126. The predicted octanol–water partition coefficient (Wildman–Crippen LogP) is 2.83. The van der Waals surface area contributed by atoms with Crippen molar-refractivity contribution in [3.05, 3.63) is 71.7 Å². The fraction of sp³-hybridized carbons (Fsp3) is 0.250. The molecule has 3 aromatic rings. The van der Waals surface area contributed by atoms with E-state index in [-0.39, 0.29) is 5.91 Å². The number of nitrogens with one attached hydrogen (secondary N) is 1. The zero-order valence-corrected chi connectivity index (χ0v) is 15.3. The maximum atomic E-state index is 12.7. The van der Waals surface area contributed by atoms with Gasteiger partial charge in [0.1, 0.15) is 0 Å². The highest BCUT2D eigenvalue weighted by molar-refractivity contribution is 5.95. The van der Waals surface area contributed by atoms with Crippen LogP contribution in [-0.4, -0.2) is 34.8 Å². The van der Waals surface area contributed by atoms with E-state index in [9.17, 15) is 4.79 Å². The van der Waals surface area contributed by atoms with Crippen molar-refractivity contribution < 1.29 is 4.79 Å². The molecular formula is C20H23N5O. The standard InChI is InChI=1S/C20H23N5O/c1-4-18-17(14-23-25(18)19-10-5-6-11-21-19)20(26)22-13-15-8-7-9-16(12-15)24(2)3/h5-12,14H,4,13H2,1-3H3,(H,22,26). The van der Waals surface area contributed by atoms with Gasteiger partial charge in [0.25, 0.3) is 5.91 Å². The van der Waals surface area contributed by atoms with E-state index in [4.69, 9.17) is 0 Å². The molecule has 2 aromatic heterocycles. The molecular weight excluding hydrogens is 326 g/mol. The molecule has 134 valence electrons. The number of benzene rings is 1. The van der Waals surface area contributed by atoms with Crippen LogP contribution in [0.15, 0.2) is 54.9 Å². The molecule has 1 N–H and O–H groups in total. The summed E-state index contributed by atoms with van der Waals surface area (Å²) in [6.45, 7) is 2.48. The number of rotatable bonds is 6. The summed E-state index contributed by atoms with van der Waals surface area (Å²) in [6.07, 6.45) is 4.02. The lowest BCUT2D eigenvalue weighted by molar-refractivity contribution is 0.0950. The molecule has 1 aromatic carbocycles. The monoisotopic (exact) mass is 349 g/mol. The predicted molar refractivity (Wildman–Crippen MR) is 103 cm³/mol. The molecule has 6 heteroatoms. The number of hydrogen-bond acceptors (Lipinski definition) is 4. The maximum absolute atomic E-state index is 12.7. The Hall–Kier alpha value is -3.15. The van der Waals surface area contributed by atoms with Gasteiger partial charge in [-0.15, -0.1) is 0 Å². The summed E-state index contributed by atoms with van der Waals surface area (Å²) < 4.78 is 1.72.